The van der Waals surface area contributed by atoms with Crippen LogP contribution < -0.4 is 5.32 Å². The van der Waals surface area contributed by atoms with Crippen LogP contribution in [-0.2, 0) is 10.2 Å². The van der Waals surface area contributed by atoms with Gasteiger partial charge < -0.3 is 20.1 Å². The molecule has 1 aliphatic rings. The summed E-state index contributed by atoms with van der Waals surface area (Å²) in [7, 11) is 0. The normalized spacial score (nSPS) is 23.0. The smallest absolute Gasteiger partial charge is 0.317 e. The molecule has 0 aliphatic carbocycles. The van der Waals surface area contributed by atoms with Crippen molar-refractivity contribution >= 4 is 6.03 Å². The molecular weight excluding hydrogens is 304 g/mol. The fourth-order valence-corrected chi connectivity index (χ4v) is 3.44. The van der Waals surface area contributed by atoms with Crippen molar-refractivity contribution in [2.45, 2.75) is 57.8 Å². The summed E-state index contributed by atoms with van der Waals surface area (Å²) in [5.74, 6) is 0. The number of nitrogens with zero attached hydrogens (tertiary/aromatic N) is 1. The number of benzene rings is 1. The van der Waals surface area contributed by atoms with E-state index in [1.807, 2.05) is 32.0 Å². The van der Waals surface area contributed by atoms with Crippen molar-refractivity contribution in [2.75, 3.05) is 19.7 Å². The number of rotatable bonds is 5. The Balaban J connectivity index is 1.91. The Morgan fingerprint density at radius 1 is 1.38 bits per heavy atom. The van der Waals surface area contributed by atoms with E-state index in [2.05, 4.69) is 31.3 Å². The van der Waals surface area contributed by atoms with E-state index in [4.69, 9.17) is 4.74 Å². The molecule has 1 heterocycles. The first-order chi connectivity index (χ1) is 11.3. The van der Waals surface area contributed by atoms with Gasteiger partial charge >= 0.3 is 6.03 Å². The lowest BCUT2D eigenvalue weighted by atomic mass is 9.79. The number of carbonyl (C=O) groups excluding carboxylic acids is 1. The predicted molar refractivity (Wildman–Crippen MR) is 95.1 cm³/mol. The maximum atomic E-state index is 12.5. The number of aliphatic hydroxyl groups is 1. The van der Waals surface area contributed by atoms with Gasteiger partial charge in [-0.1, -0.05) is 44.2 Å². The van der Waals surface area contributed by atoms with E-state index in [-0.39, 0.29) is 36.3 Å². The Labute approximate surface area is 145 Å². The molecule has 0 saturated carbocycles. The van der Waals surface area contributed by atoms with Crippen LogP contribution in [0, 0.1) is 0 Å². The molecule has 0 bridgehead atoms. The molecule has 1 aromatic carbocycles. The van der Waals surface area contributed by atoms with Crippen LogP contribution in [0.3, 0.4) is 0 Å². The molecule has 0 spiro atoms. The van der Waals surface area contributed by atoms with Crippen LogP contribution in [0.5, 0.6) is 0 Å². The van der Waals surface area contributed by atoms with E-state index in [9.17, 15) is 9.90 Å². The van der Waals surface area contributed by atoms with Crippen LogP contribution in [0.4, 0.5) is 4.79 Å². The summed E-state index contributed by atoms with van der Waals surface area (Å²) in [4.78, 5) is 14.3. The fourth-order valence-electron chi connectivity index (χ4n) is 3.44. The second kappa shape index (κ2) is 7.99. The van der Waals surface area contributed by atoms with E-state index in [0.717, 1.165) is 6.42 Å². The van der Waals surface area contributed by atoms with Crippen molar-refractivity contribution in [3.8, 4) is 0 Å². The molecule has 134 valence electrons. The Kier molecular flexibility index (Phi) is 6.24. The topological polar surface area (TPSA) is 61.8 Å². The van der Waals surface area contributed by atoms with Gasteiger partial charge in [0.1, 0.15) is 0 Å². The monoisotopic (exact) mass is 334 g/mol. The molecule has 1 aliphatic heterocycles. The van der Waals surface area contributed by atoms with Gasteiger partial charge in [0.05, 0.1) is 25.4 Å². The highest BCUT2D eigenvalue weighted by atomic mass is 16.5. The number of hydrogen-bond donors (Lipinski definition) is 2. The largest absolute Gasteiger partial charge is 0.394 e. The Hall–Kier alpha value is -1.59. The number of urea groups is 1. The van der Waals surface area contributed by atoms with Crippen molar-refractivity contribution < 1.29 is 14.6 Å². The van der Waals surface area contributed by atoms with E-state index in [1.54, 1.807) is 4.90 Å². The first-order valence-electron chi connectivity index (χ1n) is 8.69. The summed E-state index contributed by atoms with van der Waals surface area (Å²) < 4.78 is 5.59. The zero-order chi connectivity index (χ0) is 17.7. The molecule has 1 saturated heterocycles. The standard InChI is InChI=1S/C19H30N2O3/c1-14(10-19(3,4)16-8-6-5-7-9-16)20-18(23)21-11-15(2)24-17(12-21)13-22/h5-9,14-15,17,22H,10-13H2,1-4H3,(H,20,23)/t14-,15+,17+/m1/s1. The summed E-state index contributed by atoms with van der Waals surface area (Å²) in [6.07, 6.45) is 0.500. The summed E-state index contributed by atoms with van der Waals surface area (Å²) in [6, 6.07) is 10.3. The van der Waals surface area contributed by atoms with Crippen molar-refractivity contribution in [1.29, 1.82) is 0 Å². The first-order valence-corrected chi connectivity index (χ1v) is 8.69. The Morgan fingerprint density at radius 2 is 2.04 bits per heavy atom. The maximum Gasteiger partial charge on any atom is 0.317 e. The summed E-state index contributed by atoms with van der Waals surface area (Å²) in [6.45, 7) is 9.27. The van der Waals surface area contributed by atoms with Gasteiger partial charge in [0.15, 0.2) is 0 Å². The third kappa shape index (κ3) is 4.95. The summed E-state index contributed by atoms with van der Waals surface area (Å²) in [5, 5.41) is 12.4. The molecule has 3 atom stereocenters. The van der Waals surface area contributed by atoms with E-state index in [1.165, 1.54) is 5.56 Å². The highest BCUT2D eigenvalue weighted by molar-refractivity contribution is 5.74. The van der Waals surface area contributed by atoms with Crippen LogP contribution in [0.2, 0.25) is 0 Å². The highest BCUT2D eigenvalue weighted by Gasteiger charge is 2.30. The van der Waals surface area contributed by atoms with Gasteiger partial charge in [-0.3, -0.25) is 0 Å². The Bertz CT molecular complexity index is 533. The molecule has 2 amide bonds. The predicted octanol–water partition coefficient (Wildman–Crippen LogP) is 2.53. The van der Waals surface area contributed by atoms with Crippen LogP contribution in [0.15, 0.2) is 30.3 Å². The number of carbonyl (C=O) groups is 1. The fraction of sp³-hybridized carbons (Fsp3) is 0.632. The second-order valence-electron chi connectivity index (χ2n) is 7.46. The van der Waals surface area contributed by atoms with Gasteiger partial charge in [-0.25, -0.2) is 4.79 Å². The van der Waals surface area contributed by atoms with Crippen molar-refractivity contribution in [3.05, 3.63) is 35.9 Å². The lowest BCUT2D eigenvalue weighted by Crippen LogP contribution is -2.54. The Morgan fingerprint density at radius 3 is 2.67 bits per heavy atom. The molecule has 1 fully saturated rings. The van der Waals surface area contributed by atoms with Crippen molar-refractivity contribution in [1.82, 2.24) is 10.2 Å². The summed E-state index contributed by atoms with van der Waals surface area (Å²) in [5.41, 5.74) is 1.26. The number of nitrogens with one attached hydrogen (secondary N) is 1. The third-order valence-corrected chi connectivity index (χ3v) is 4.56. The first kappa shape index (κ1) is 18.7. The molecule has 0 aromatic heterocycles. The molecule has 5 heteroatoms. The molecule has 1 aromatic rings. The average molecular weight is 334 g/mol. The number of morpholine rings is 1. The van der Waals surface area contributed by atoms with Crippen LogP contribution >= 0.6 is 0 Å². The molecule has 2 rings (SSSR count). The van der Waals surface area contributed by atoms with Gasteiger partial charge in [-0.2, -0.15) is 0 Å². The summed E-state index contributed by atoms with van der Waals surface area (Å²) >= 11 is 0. The minimum atomic E-state index is -0.296. The van der Waals surface area contributed by atoms with Gasteiger partial charge in [-0.05, 0) is 31.2 Å². The zero-order valence-electron chi connectivity index (χ0n) is 15.2. The van der Waals surface area contributed by atoms with Crippen molar-refractivity contribution in [3.63, 3.8) is 0 Å². The van der Waals surface area contributed by atoms with Crippen molar-refractivity contribution in [2.24, 2.45) is 0 Å². The third-order valence-electron chi connectivity index (χ3n) is 4.56. The van der Waals surface area contributed by atoms with Crippen LogP contribution in [0.25, 0.3) is 0 Å². The zero-order valence-corrected chi connectivity index (χ0v) is 15.2. The maximum absolute atomic E-state index is 12.5. The highest BCUT2D eigenvalue weighted by Crippen LogP contribution is 2.28. The minimum Gasteiger partial charge on any atom is -0.394 e. The quantitative estimate of drug-likeness (QED) is 0.870. The number of ether oxygens (including phenoxy) is 1. The number of aliphatic hydroxyl groups excluding tert-OH is 1. The van der Waals surface area contributed by atoms with Crippen LogP contribution in [-0.4, -0.2) is 54.0 Å². The van der Waals surface area contributed by atoms with E-state index < -0.39 is 0 Å². The average Bonchev–Trinajstić information content (AvgIpc) is 2.54. The van der Waals surface area contributed by atoms with Gasteiger partial charge in [0.25, 0.3) is 0 Å². The SMILES string of the molecule is C[C@H](CC(C)(C)c1ccccc1)NC(=O)N1C[C@@H](CO)O[C@@H](C)C1. The van der Waals surface area contributed by atoms with Gasteiger partial charge in [-0.15, -0.1) is 0 Å². The molecule has 0 unspecified atom stereocenters. The molecule has 0 radical (unpaired) electrons. The van der Waals surface area contributed by atoms with E-state index in [0.29, 0.717) is 13.1 Å². The van der Waals surface area contributed by atoms with Gasteiger partial charge in [0, 0.05) is 12.6 Å². The lowest BCUT2D eigenvalue weighted by molar-refractivity contribution is -0.0835. The molecule has 5 nitrogen and oxygen atoms in total. The second-order valence-corrected chi connectivity index (χ2v) is 7.46. The molecule has 24 heavy (non-hydrogen) atoms. The molecule has 2 N–H and O–H groups in total. The van der Waals surface area contributed by atoms with E-state index >= 15 is 0 Å². The number of amides is 2. The lowest BCUT2D eigenvalue weighted by Gasteiger charge is -2.37. The van der Waals surface area contributed by atoms with Gasteiger partial charge in [0.2, 0.25) is 0 Å². The van der Waals surface area contributed by atoms with Crippen LogP contribution in [0.1, 0.15) is 39.7 Å². The minimum absolute atomic E-state index is 0.0140. The molecular formula is C19H30N2O3. The number of hydrogen-bond acceptors (Lipinski definition) is 3.